The highest BCUT2D eigenvalue weighted by atomic mass is 16.5. The zero-order valence-corrected chi connectivity index (χ0v) is 14.2. The van der Waals surface area contributed by atoms with Crippen molar-refractivity contribution >= 4 is 11.8 Å². The number of carbonyl (C=O) groups is 2. The van der Waals surface area contributed by atoms with E-state index in [0.29, 0.717) is 44.0 Å². The number of nitrogens with zero attached hydrogens (tertiary/aromatic N) is 2. The summed E-state index contributed by atoms with van der Waals surface area (Å²) in [6.45, 7) is 4.70. The number of rotatable bonds is 4. The van der Waals surface area contributed by atoms with Crippen molar-refractivity contribution in [3.63, 3.8) is 0 Å². The number of ether oxygens (including phenoxy) is 1. The standard InChI is InChI=1S/C19H21N3O3/c1-14-2-5-17(13-20-14)18(23)21-12-15-3-6-16(7-4-15)19(24)22-8-10-25-11-9-22/h2-7,13H,8-12H2,1H3,(H,21,23). The Balaban J connectivity index is 1.56. The van der Waals surface area contributed by atoms with Gasteiger partial charge in [0.15, 0.2) is 0 Å². The van der Waals surface area contributed by atoms with E-state index in [1.165, 1.54) is 0 Å². The zero-order valence-electron chi connectivity index (χ0n) is 14.2. The Morgan fingerprint density at radius 3 is 2.40 bits per heavy atom. The van der Waals surface area contributed by atoms with Gasteiger partial charge in [0.1, 0.15) is 0 Å². The predicted octanol–water partition coefficient (Wildman–Crippen LogP) is 1.79. The van der Waals surface area contributed by atoms with Gasteiger partial charge >= 0.3 is 0 Å². The number of carbonyl (C=O) groups excluding carboxylic acids is 2. The Kier molecular flexibility index (Phi) is 5.40. The number of hydrogen-bond donors (Lipinski definition) is 1. The molecule has 1 fully saturated rings. The molecule has 0 radical (unpaired) electrons. The van der Waals surface area contributed by atoms with Gasteiger partial charge in [-0.15, -0.1) is 0 Å². The van der Waals surface area contributed by atoms with Crippen molar-refractivity contribution in [3.8, 4) is 0 Å². The molecule has 2 aromatic rings. The number of pyridine rings is 1. The Hall–Kier alpha value is -2.73. The van der Waals surface area contributed by atoms with Gasteiger partial charge in [0.25, 0.3) is 11.8 Å². The summed E-state index contributed by atoms with van der Waals surface area (Å²) in [5.41, 5.74) is 2.99. The summed E-state index contributed by atoms with van der Waals surface area (Å²) in [6.07, 6.45) is 1.56. The van der Waals surface area contributed by atoms with Crippen LogP contribution in [0.15, 0.2) is 42.6 Å². The summed E-state index contributed by atoms with van der Waals surface area (Å²) in [7, 11) is 0. The van der Waals surface area contributed by atoms with Gasteiger partial charge in [-0.3, -0.25) is 14.6 Å². The van der Waals surface area contributed by atoms with Gasteiger partial charge in [-0.05, 0) is 36.8 Å². The van der Waals surface area contributed by atoms with Crippen molar-refractivity contribution in [1.29, 1.82) is 0 Å². The van der Waals surface area contributed by atoms with Crippen LogP contribution in [-0.2, 0) is 11.3 Å². The second-order valence-corrected chi connectivity index (χ2v) is 5.97. The van der Waals surface area contributed by atoms with E-state index < -0.39 is 0 Å². The summed E-state index contributed by atoms with van der Waals surface area (Å²) < 4.78 is 5.26. The molecular formula is C19H21N3O3. The van der Waals surface area contributed by atoms with Gasteiger partial charge in [-0.1, -0.05) is 12.1 Å². The fourth-order valence-corrected chi connectivity index (χ4v) is 2.60. The lowest BCUT2D eigenvalue weighted by molar-refractivity contribution is 0.0303. The fourth-order valence-electron chi connectivity index (χ4n) is 2.60. The molecule has 1 saturated heterocycles. The van der Waals surface area contributed by atoms with Gasteiger partial charge in [0, 0.05) is 37.1 Å². The molecular weight excluding hydrogens is 318 g/mol. The molecule has 0 aliphatic carbocycles. The summed E-state index contributed by atoms with van der Waals surface area (Å²) >= 11 is 0. The van der Waals surface area contributed by atoms with Crippen molar-refractivity contribution in [3.05, 3.63) is 65.0 Å². The first-order valence-corrected chi connectivity index (χ1v) is 8.30. The van der Waals surface area contributed by atoms with Crippen LogP contribution in [0.1, 0.15) is 32.0 Å². The van der Waals surface area contributed by atoms with Crippen LogP contribution in [0.5, 0.6) is 0 Å². The average Bonchev–Trinajstić information content (AvgIpc) is 2.67. The minimum atomic E-state index is -0.166. The zero-order chi connectivity index (χ0) is 17.6. The highest BCUT2D eigenvalue weighted by Crippen LogP contribution is 2.10. The van der Waals surface area contributed by atoms with Crippen LogP contribution in [0, 0.1) is 6.92 Å². The first-order chi connectivity index (χ1) is 12.1. The maximum absolute atomic E-state index is 12.4. The summed E-state index contributed by atoms with van der Waals surface area (Å²) in [4.78, 5) is 30.4. The first-order valence-electron chi connectivity index (χ1n) is 8.30. The smallest absolute Gasteiger partial charge is 0.254 e. The highest BCUT2D eigenvalue weighted by Gasteiger charge is 2.18. The van der Waals surface area contributed by atoms with Gasteiger partial charge in [0.05, 0.1) is 18.8 Å². The van der Waals surface area contributed by atoms with Crippen LogP contribution in [0.2, 0.25) is 0 Å². The maximum Gasteiger partial charge on any atom is 0.254 e. The second kappa shape index (κ2) is 7.90. The van der Waals surface area contributed by atoms with Gasteiger partial charge < -0.3 is 15.0 Å². The summed E-state index contributed by atoms with van der Waals surface area (Å²) in [5, 5.41) is 2.86. The van der Waals surface area contributed by atoms with Gasteiger partial charge in [-0.2, -0.15) is 0 Å². The van der Waals surface area contributed by atoms with E-state index in [2.05, 4.69) is 10.3 Å². The van der Waals surface area contributed by atoms with Gasteiger partial charge in [0.2, 0.25) is 0 Å². The molecule has 6 nitrogen and oxygen atoms in total. The first kappa shape index (κ1) is 17.1. The quantitative estimate of drug-likeness (QED) is 0.922. The molecule has 6 heteroatoms. The van der Waals surface area contributed by atoms with Crippen LogP contribution < -0.4 is 5.32 Å². The lowest BCUT2D eigenvalue weighted by atomic mass is 10.1. The third-order valence-corrected chi connectivity index (χ3v) is 4.13. The number of aromatic nitrogens is 1. The van der Waals surface area contributed by atoms with E-state index in [-0.39, 0.29) is 11.8 Å². The maximum atomic E-state index is 12.4. The van der Waals surface area contributed by atoms with Crippen LogP contribution in [0.4, 0.5) is 0 Å². The van der Waals surface area contributed by atoms with Crippen LogP contribution in [-0.4, -0.2) is 48.0 Å². The van der Waals surface area contributed by atoms with E-state index in [1.807, 2.05) is 19.1 Å². The Labute approximate surface area is 146 Å². The van der Waals surface area contributed by atoms with E-state index in [1.54, 1.807) is 35.4 Å². The molecule has 0 unspecified atom stereocenters. The molecule has 3 rings (SSSR count). The van der Waals surface area contributed by atoms with Crippen LogP contribution >= 0.6 is 0 Å². The number of benzene rings is 1. The molecule has 1 aromatic carbocycles. The van der Waals surface area contributed by atoms with E-state index in [0.717, 1.165) is 11.3 Å². The molecule has 2 heterocycles. The molecule has 1 aliphatic heterocycles. The molecule has 0 bridgehead atoms. The topological polar surface area (TPSA) is 71.5 Å². The second-order valence-electron chi connectivity index (χ2n) is 5.97. The van der Waals surface area contributed by atoms with Crippen molar-refractivity contribution < 1.29 is 14.3 Å². The normalized spacial score (nSPS) is 14.2. The SMILES string of the molecule is Cc1ccc(C(=O)NCc2ccc(C(=O)N3CCOCC3)cc2)cn1. The van der Waals surface area contributed by atoms with Gasteiger partial charge in [-0.25, -0.2) is 0 Å². The minimum absolute atomic E-state index is 0.0182. The molecule has 0 atom stereocenters. The molecule has 1 N–H and O–H groups in total. The lowest BCUT2D eigenvalue weighted by Gasteiger charge is -2.26. The third-order valence-electron chi connectivity index (χ3n) is 4.13. The van der Waals surface area contributed by atoms with E-state index in [4.69, 9.17) is 4.74 Å². The Morgan fingerprint density at radius 2 is 1.76 bits per heavy atom. The number of aryl methyl sites for hydroxylation is 1. The van der Waals surface area contributed by atoms with Crippen molar-refractivity contribution in [1.82, 2.24) is 15.2 Å². The molecule has 1 aliphatic rings. The third kappa shape index (κ3) is 4.42. The van der Waals surface area contributed by atoms with Crippen molar-refractivity contribution in [2.75, 3.05) is 26.3 Å². The number of amides is 2. The summed E-state index contributed by atoms with van der Waals surface area (Å²) in [5.74, 6) is -0.148. The lowest BCUT2D eigenvalue weighted by Crippen LogP contribution is -2.40. The summed E-state index contributed by atoms with van der Waals surface area (Å²) in [6, 6.07) is 10.9. The van der Waals surface area contributed by atoms with Crippen LogP contribution in [0.3, 0.4) is 0 Å². The molecule has 0 saturated carbocycles. The van der Waals surface area contributed by atoms with Crippen LogP contribution in [0.25, 0.3) is 0 Å². The van der Waals surface area contributed by atoms with Crippen molar-refractivity contribution in [2.24, 2.45) is 0 Å². The minimum Gasteiger partial charge on any atom is -0.378 e. The number of morpholine rings is 1. The molecule has 0 spiro atoms. The average molecular weight is 339 g/mol. The van der Waals surface area contributed by atoms with E-state index >= 15 is 0 Å². The number of nitrogens with one attached hydrogen (secondary N) is 1. The number of hydrogen-bond acceptors (Lipinski definition) is 4. The molecule has 1 aromatic heterocycles. The fraction of sp³-hybridized carbons (Fsp3) is 0.316. The highest BCUT2D eigenvalue weighted by molar-refractivity contribution is 5.94. The Bertz CT molecular complexity index is 736. The van der Waals surface area contributed by atoms with E-state index in [9.17, 15) is 9.59 Å². The Morgan fingerprint density at radius 1 is 1.08 bits per heavy atom. The molecule has 25 heavy (non-hydrogen) atoms. The predicted molar refractivity (Wildman–Crippen MR) is 93.3 cm³/mol. The monoisotopic (exact) mass is 339 g/mol. The largest absolute Gasteiger partial charge is 0.378 e. The molecule has 2 amide bonds. The van der Waals surface area contributed by atoms with Crippen molar-refractivity contribution in [2.45, 2.75) is 13.5 Å². The molecule has 130 valence electrons.